The lowest BCUT2D eigenvalue weighted by molar-refractivity contribution is -0.139. The van der Waals surface area contributed by atoms with E-state index in [2.05, 4.69) is 18.3 Å². The molecule has 1 atom stereocenters. The molecule has 3 nitrogen and oxygen atoms in total. The Hall–Kier alpha value is -1.35. The van der Waals surface area contributed by atoms with E-state index in [4.69, 9.17) is 4.74 Å². The van der Waals surface area contributed by atoms with Crippen LogP contribution in [0.3, 0.4) is 0 Å². The van der Waals surface area contributed by atoms with Crippen LogP contribution < -0.4 is 5.32 Å². The first-order chi connectivity index (χ1) is 9.70. The third-order valence-corrected chi connectivity index (χ3v) is 4.40. The van der Waals surface area contributed by atoms with Gasteiger partial charge in [0.25, 0.3) is 0 Å². The summed E-state index contributed by atoms with van der Waals surface area (Å²) in [5.74, 6) is 0.629. The predicted octanol–water partition coefficient (Wildman–Crippen LogP) is 3.07. The van der Waals surface area contributed by atoms with E-state index >= 15 is 0 Å². The quantitative estimate of drug-likeness (QED) is 0.811. The summed E-state index contributed by atoms with van der Waals surface area (Å²) >= 11 is 0. The fraction of sp³-hybridized carbons (Fsp3) is 0.588. The molecule has 1 aliphatic rings. The first kappa shape index (κ1) is 15.0. The third kappa shape index (κ3) is 4.07. The van der Waals surface area contributed by atoms with Crippen molar-refractivity contribution in [3.8, 4) is 0 Å². The monoisotopic (exact) mass is 275 g/mol. The molecule has 0 bridgehead atoms. The highest BCUT2D eigenvalue weighted by Gasteiger charge is 2.21. The second-order valence-electron chi connectivity index (χ2n) is 5.74. The maximum atomic E-state index is 11.4. The first-order valence-corrected chi connectivity index (χ1v) is 7.57. The summed E-state index contributed by atoms with van der Waals surface area (Å²) in [6.07, 6.45) is 5.79. The number of carbonyl (C=O) groups excluding carboxylic acids is 1. The fourth-order valence-electron chi connectivity index (χ4n) is 3.03. The minimum Gasteiger partial charge on any atom is -0.469 e. The number of rotatable bonds is 6. The van der Waals surface area contributed by atoms with E-state index in [0.29, 0.717) is 12.5 Å². The molecule has 1 N–H and O–H groups in total. The molecule has 1 aromatic rings. The molecule has 1 saturated carbocycles. The molecule has 0 amide bonds. The van der Waals surface area contributed by atoms with Gasteiger partial charge in [-0.05, 0) is 36.8 Å². The lowest BCUT2D eigenvalue weighted by Crippen LogP contribution is -2.32. The van der Waals surface area contributed by atoms with E-state index in [1.54, 1.807) is 0 Å². The Bertz CT molecular complexity index is 438. The Morgan fingerprint density at radius 3 is 2.60 bits per heavy atom. The highest BCUT2D eigenvalue weighted by atomic mass is 16.5. The van der Waals surface area contributed by atoms with Crippen LogP contribution in [0, 0.1) is 5.92 Å². The first-order valence-electron chi connectivity index (χ1n) is 7.57. The standard InChI is InChI=1S/C17H25NO2/c1-13(14-7-3-4-8-14)18-12-16-10-6-5-9-15(16)11-17(19)20-2/h5-6,9-10,13-14,18H,3-4,7-8,11-12H2,1-2H3/t13-/m0/s1. The summed E-state index contributed by atoms with van der Waals surface area (Å²) in [6, 6.07) is 8.64. The molecule has 0 radical (unpaired) electrons. The second-order valence-corrected chi connectivity index (χ2v) is 5.74. The van der Waals surface area contributed by atoms with E-state index in [9.17, 15) is 4.79 Å². The number of hydrogen-bond acceptors (Lipinski definition) is 3. The van der Waals surface area contributed by atoms with Gasteiger partial charge in [0, 0.05) is 12.6 Å². The number of carbonyl (C=O) groups is 1. The molecule has 0 aliphatic heterocycles. The molecule has 0 spiro atoms. The van der Waals surface area contributed by atoms with Crippen LogP contribution in [0.4, 0.5) is 0 Å². The van der Waals surface area contributed by atoms with Crippen molar-refractivity contribution in [3.63, 3.8) is 0 Å². The molecular formula is C17H25NO2. The zero-order valence-electron chi connectivity index (χ0n) is 12.5. The van der Waals surface area contributed by atoms with Crippen molar-refractivity contribution >= 4 is 5.97 Å². The normalized spacial score (nSPS) is 17.1. The van der Waals surface area contributed by atoms with E-state index in [-0.39, 0.29) is 5.97 Å². The molecular weight excluding hydrogens is 250 g/mol. The molecule has 0 heterocycles. The van der Waals surface area contributed by atoms with Gasteiger partial charge in [-0.3, -0.25) is 4.79 Å². The van der Waals surface area contributed by atoms with E-state index in [1.165, 1.54) is 38.4 Å². The van der Waals surface area contributed by atoms with Crippen LogP contribution in [0.2, 0.25) is 0 Å². The van der Waals surface area contributed by atoms with Gasteiger partial charge < -0.3 is 10.1 Å². The zero-order valence-corrected chi connectivity index (χ0v) is 12.5. The van der Waals surface area contributed by atoms with Crippen molar-refractivity contribution in [2.45, 2.75) is 51.6 Å². The van der Waals surface area contributed by atoms with E-state index in [1.807, 2.05) is 18.2 Å². The summed E-state index contributed by atoms with van der Waals surface area (Å²) in [4.78, 5) is 11.4. The van der Waals surface area contributed by atoms with Crippen molar-refractivity contribution in [1.29, 1.82) is 0 Å². The van der Waals surface area contributed by atoms with Crippen LogP contribution >= 0.6 is 0 Å². The second kappa shape index (κ2) is 7.44. The lowest BCUT2D eigenvalue weighted by Gasteiger charge is -2.21. The summed E-state index contributed by atoms with van der Waals surface area (Å²) in [5.41, 5.74) is 2.26. The molecule has 0 saturated heterocycles. The topological polar surface area (TPSA) is 38.3 Å². The van der Waals surface area contributed by atoms with Gasteiger partial charge in [-0.15, -0.1) is 0 Å². The molecule has 20 heavy (non-hydrogen) atoms. The Morgan fingerprint density at radius 1 is 1.30 bits per heavy atom. The van der Waals surface area contributed by atoms with Gasteiger partial charge >= 0.3 is 5.97 Å². The maximum absolute atomic E-state index is 11.4. The molecule has 1 fully saturated rings. The zero-order chi connectivity index (χ0) is 14.4. The summed E-state index contributed by atoms with van der Waals surface area (Å²) in [6.45, 7) is 3.10. The Balaban J connectivity index is 1.92. The Morgan fingerprint density at radius 2 is 1.95 bits per heavy atom. The van der Waals surface area contributed by atoms with Crippen molar-refractivity contribution in [1.82, 2.24) is 5.32 Å². The summed E-state index contributed by atoms with van der Waals surface area (Å²) in [5, 5.41) is 3.62. The third-order valence-electron chi connectivity index (χ3n) is 4.40. The smallest absolute Gasteiger partial charge is 0.309 e. The van der Waals surface area contributed by atoms with Crippen molar-refractivity contribution in [2.24, 2.45) is 5.92 Å². The van der Waals surface area contributed by atoms with Gasteiger partial charge in [0.15, 0.2) is 0 Å². The largest absolute Gasteiger partial charge is 0.469 e. The molecule has 0 unspecified atom stereocenters. The number of nitrogens with one attached hydrogen (secondary N) is 1. The number of methoxy groups -OCH3 is 1. The van der Waals surface area contributed by atoms with Crippen LogP contribution in [-0.2, 0) is 22.5 Å². The van der Waals surface area contributed by atoms with Gasteiger partial charge in [0.2, 0.25) is 0 Å². The van der Waals surface area contributed by atoms with Crippen LogP contribution in [0.25, 0.3) is 0 Å². The van der Waals surface area contributed by atoms with Gasteiger partial charge in [-0.2, -0.15) is 0 Å². The van der Waals surface area contributed by atoms with E-state index < -0.39 is 0 Å². The van der Waals surface area contributed by atoms with Crippen LogP contribution in [0.1, 0.15) is 43.7 Å². The Labute approximate surface area is 121 Å². The highest BCUT2D eigenvalue weighted by Crippen LogP contribution is 2.27. The predicted molar refractivity (Wildman–Crippen MR) is 80.4 cm³/mol. The molecule has 1 aromatic carbocycles. The number of ether oxygens (including phenoxy) is 1. The van der Waals surface area contributed by atoms with Crippen molar-refractivity contribution in [2.75, 3.05) is 7.11 Å². The van der Waals surface area contributed by atoms with Gasteiger partial charge in [0.05, 0.1) is 13.5 Å². The fourth-order valence-corrected chi connectivity index (χ4v) is 3.03. The average Bonchev–Trinajstić information content (AvgIpc) is 3.00. The number of hydrogen-bond donors (Lipinski definition) is 1. The summed E-state index contributed by atoms with van der Waals surface area (Å²) < 4.78 is 4.76. The van der Waals surface area contributed by atoms with Gasteiger partial charge in [-0.25, -0.2) is 0 Å². The van der Waals surface area contributed by atoms with Crippen LogP contribution in [0.15, 0.2) is 24.3 Å². The lowest BCUT2D eigenvalue weighted by atomic mass is 9.98. The van der Waals surface area contributed by atoms with E-state index in [0.717, 1.165) is 18.0 Å². The SMILES string of the molecule is COC(=O)Cc1ccccc1CN[C@@H](C)C1CCCC1. The van der Waals surface area contributed by atoms with Crippen molar-refractivity contribution in [3.05, 3.63) is 35.4 Å². The molecule has 110 valence electrons. The minimum absolute atomic E-state index is 0.179. The van der Waals surface area contributed by atoms with Gasteiger partial charge in [-0.1, -0.05) is 37.1 Å². The van der Waals surface area contributed by atoms with Crippen molar-refractivity contribution < 1.29 is 9.53 Å². The number of esters is 1. The van der Waals surface area contributed by atoms with Gasteiger partial charge in [0.1, 0.15) is 0 Å². The molecule has 3 heteroatoms. The van der Waals surface area contributed by atoms with Crippen LogP contribution in [-0.4, -0.2) is 19.1 Å². The molecule has 0 aromatic heterocycles. The number of benzene rings is 1. The highest BCUT2D eigenvalue weighted by molar-refractivity contribution is 5.72. The molecule has 1 aliphatic carbocycles. The van der Waals surface area contributed by atoms with Crippen LogP contribution in [0.5, 0.6) is 0 Å². The summed E-state index contributed by atoms with van der Waals surface area (Å²) in [7, 11) is 1.44. The average molecular weight is 275 g/mol. The maximum Gasteiger partial charge on any atom is 0.309 e. The Kier molecular flexibility index (Phi) is 5.60. The minimum atomic E-state index is -0.179. The molecule has 2 rings (SSSR count).